The molecule has 0 fully saturated rings. The fourth-order valence-corrected chi connectivity index (χ4v) is 4.62. The number of hydrogen-bond donors (Lipinski definition) is 4. The van der Waals surface area contributed by atoms with E-state index in [1.165, 1.54) is 24.3 Å². The summed E-state index contributed by atoms with van der Waals surface area (Å²) < 4.78 is 0. The zero-order chi connectivity index (χ0) is 12.5. The first-order valence-corrected chi connectivity index (χ1v) is 11.0. The van der Waals surface area contributed by atoms with Crippen molar-refractivity contribution in [2.24, 2.45) is 0 Å². The smallest absolute Gasteiger partial charge is 0.0408 e. The largest absolute Gasteiger partial charge is 0.179 e. The van der Waals surface area contributed by atoms with E-state index >= 15 is 0 Å². The lowest BCUT2D eigenvalue weighted by atomic mass is 10.6. The van der Waals surface area contributed by atoms with Crippen LogP contribution >= 0.6 is 85.8 Å². The van der Waals surface area contributed by atoms with Gasteiger partial charge >= 0.3 is 0 Å². The summed E-state index contributed by atoms with van der Waals surface area (Å²) in [7, 11) is 0. The van der Waals surface area contributed by atoms with Crippen LogP contribution in [0.1, 0.15) is 12.8 Å². The second-order valence-electron chi connectivity index (χ2n) is 2.55. The molecule has 0 heterocycles. The van der Waals surface area contributed by atoms with Gasteiger partial charge in [0, 0.05) is 15.3 Å². The highest BCUT2D eigenvalue weighted by atomic mass is 32.2. The molecule has 7 heteroatoms. The van der Waals surface area contributed by atoms with E-state index in [1.807, 2.05) is 35.3 Å². The van der Waals surface area contributed by atoms with Gasteiger partial charge in [-0.1, -0.05) is 0 Å². The normalized spacial score (nSPS) is 9.75. The molecule has 0 saturated heterocycles. The topological polar surface area (TPSA) is 0 Å². The lowest BCUT2D eigenvalue weighted by Crippen LogP contribution is -1.85. The van der Waals surface area contributed by atoms with Crippen LogP contribution in [-0.4, -0.2) is 38.3 Å². The molecule has 0 spiro atoms. The zero-order valence-electron chi connectivity index (χ0n) is 9.38. The summed E-state index contributed by atoms with van der Waals surface area (Å²) in [6, 6.07) is 0. The summed E-state index contributed by atoms with van der Waals surface area (Å²) in [6.45, 7) is 0. The molecule has 0 saturated carbocycles. The Balaban J connectivity index is 0. The Hall–Kier alpha value is 2.45. The van der Waals surface area contributed by atoms with E-state index in [-0.39, 0.29) is 0 Å². The molecule has 0 atom stereocenters. The molecule has 0 bridgehead atoms. The zero-order valence-corrected chi connectivity index (χ0v) is 15.4. The molecule has 16 heavy (non-hydrogen) atoms. The van der Waals surface area contributed by atoms with Gasteiger partial charge < -0.3 is 0 Å². The minimum absolute atomic E-state index is 0.917. The highest BCUT2D eigenvalue weighted by Crippen LogP contribution is 2.12. The van der Waals surface area contributed by atoms with Gasteiger partial charge in [0.1, 0.15) is 0 Å². The van der Waals surface area contributed by atoms with Crippen molar-refractivity contribution in [3.05, 3.63) is 0 Å². The van der Waals surface area contributed by atoms with Gasteiger partial charge in [-0.05, 0) is 35.9 Å². The maximum Gasteiger partial charge on any atom is 0.0408 e. The molecular weight excluding hydrogens is 333 g/mol. The van der Waals surface area contributed by atoms with Gasteiger partial charge in [0.2, 0.25) is 0 Å². The molecule has 0 aliphatic heterocycles. The monoisotopic (exact) mass is 354 g/mol. The van der Waals surface area contributed by atoms with Crippen LogP contribution in [0.2, 0.25) is 0 Å². The highest BCUT2D eigenvalue weighted by molar-refractivity contribution is 8.22. The Morgan fingerprint density at radius 3 is 1.38 bits per heavy atom. The van der Waals surface area contributed by atoms with Crippen molar-refractivity contribution >= 4 is 85.8 Å². The first-order chi connectivity index (χ1) is 7.83. The van der Waals surface area contributed by atoms with Gasteiger partial charge in [-0.15, -0.1) is 23.5 Å². The molecule has 0 N–H and O–H groups in total. The van der Waals surface area contributed by atoms with Crippen molar-refractivity contribution in [2.75, 3.05) is 38.3 Å². The van der Waals surface area contributed by atoms with Crippen molar-refractivity contribution < 1.29 is 0 Å². The Kier molecular flexibility index (Phi) is 29.3. The van der Waals surface area contributed by atoms with Gasteiger partial charge in [-0.3, -0.25) is 0 Å². The first-order valence-electron chi connectivity index (χ1n) is 5.00. The maximum absolute atomic E-state index is 4.12. The molecule has 0 aromatic heterocycles. The third-order valence-corrected chi connectivity index (χ3v) is 5.82. The summed E-state index contributed by atoms with van der Waals surface area (Å²) in [4.78, 5) is 0. The first kappa shape index (κ1) is 20.8. The number of hydrogen-bond acceptors (Lipinski definition) is 7. The third-order valence-electron chi connectivity index (χ3n) is 1.24. The molecule has 0 rings (SSSR count). The van der Waals surface area contributed by atoms with Crippen molar-refractivity contribution in [3.63, 3.8) is 0 Å². The molecule has 0 aliphatic rings. The molecule has 0 aromatic rings. The molecule has 0 aliphatic carbocycles. The average molecular weight is 355 g/mol. The van der Waals surface area contributed by atoms with Crippen LogP contribution in [0.4, 0.5) is 0 Å². The Morgan fingerprint density at radius 1 is 0.625 bits per heavy atom. The second kappa shape index (κ2) is 22.6. The summed E-state index contributed by atoms with van der Waals surface area (Å²) >= 11 is 21.9. The molecule has 0 unspecified atom stereocenters. The highest BCUT2D eigenvalue weighted by Gasteiger charge is 1.86. The van der Waals surface area contributed by atoms with E-state index in [0.29, 0.717) is 0 Å². The van der Waals surface area contributed by atoms with Crippen LogP contribution in [-0.2, 0) is 0 Å². The van der Waals surface area contributed by atoms with Gasteiger partial charge in [0.25, 0.3) is 0 Å². The van der Waals surface area contributed by atoms with Crippen LogP contribution in [0.3, 0.4) is 0 Å². The van der Waals surface area contributed by atoms with Crippen molar-refractivity contribution in [2.45, 2.75) is 12.8 Å². The van der Waals surface area contributed by atoms with Crippen LogP contribution in [0, 0.1) is 0 Å². The van der Waals surface area contributed by atoms with Crippen LogP contribution < -0.4 is 0 Å². The quantitative estimate of drug-likeness (QED) is 0.258. The number of rotatable bonds is 10. The van der Waals surface area contributed by atoms with E-state index in [2.05, 4.69) is 50.5 Å². The van der Waals surface area contributed by atoms with Gasteiger partial charge in [-0.2, -0.15) is 62.3 Å². The van der Waals surface area contributed by atoms with Crippen LogP contribution in [0.5, 0.6) is 0 Å². The SMILES string of the molecule is SCCCSCCCS.SCSCSCS. The van der Waals surface area contributed by atoms with E-state index in [9.17, 15) is 0 Å². The van der Waals surface area contributed by atoms with E-state index < -0.39 is 0 Å². The lowest BCUT2D eigenvalue weighted by Gasteiger charge is -1.95. The minimum Gasteiger partial charge on any atom is -0.179 e. The predicted molar refractivity (Wildman–Crippen MR) is 102 cm³/mol. The fourth-order valence-electron chi connectivity index (χ4n) is 0.569. The number of thioether (sulfide) groups is 3. The summed E-state index contributed by atoms with van der Waals surface area (Å²) in [5.41, 5.74) is 0. The van der Waals surface area contributed by atoms with Crippen molar-refractivity contribution in [3.8, 4) is 0 Å². The number of thiol groups is 4. The summed E-state index contributed by atoms with van der Waals surface area (Å²) in [5, 5.41) is 2.95. The standard InChI is InChI=1S/C6H14S3.C3H8S4/c7-3-1-5-9-6-2-4-8;4-1-6-3-7-2-5/h7-8H,1-6H2;4-5H,1-3H2. The second-order valence-corrected chi connectivity index (χ2v) is 8.50. The van der Waals surface area contributed by atoms with Gasteiger partial charge in [-0.25, -0.2) is 0 Å². The van der Waals surface area contributed by atoms with E-state index in [1.54, 1.807) is 0 Å². The molecule has 0 radical (unpaired) electrons. The Bertz CT molecular complexity index is 91.9. The fraction of sp³-hybridized carbons (Fsp3) is 1.00. The van der Waals surface area contributed by atoms with Crippen molar-refractivity contribution in [1.29, 1.82) is 0 Å². The predicted octanol–water partition coefficient (Wildman–Crippen LogP) is 4.54. The summed E-state index contributed by atoms with van der Waals surface area (Å²) in [6.07, 6.45) is 2.47. The van der Waals surface area contributed by atoms with Crippen LogP contribution in [0.15, 0.2) is 0 Å². The molecular formula is C9H22S7. The van der Waals surface area contributed by atoms with Crippen molar-refractivity contribution in [1.82, 2.24) is 0 Å². The molecule has 100 valence electrons. The molecule has 0 amide bonds. The van der Waals surface area contributed by atoms with E-state index in [0.717, 1.165) is 26.8 Å². The summed E-state index contributed by atoms with van der Waals surface area (Å²) in [5.74, 6) is 4.57. The van der Waals surface area contributed by atoms with Gasteiger partial charge in [0.15, 0.2) is 0 Å². The van der Waals surface area contributed by atoms with E-state index in [4.69, 9.17) is 0 Å². The van der Waals surface area contributed by atoms with Gasteiger partial charge in [0.05, 0.1) is 0 Å². The Labute approximate surface area is 136 Å². The third kappa shape index (κ3) is 25.3. The van der Waals surface area contributed by atoms with Crippen LogP contribution in [0.25, 0.3) is 0 Å². The molecule has 0 nitrogen and oxygen atoms in total. The molecule has 0 aromatic carbocycles. The average Bonchev–Trinajstić information content (AvgIpc) is 2.31. The maximum atomic E-state index is 4.12. The lowest BCUT2D eigenvalue weighted by molar-refractivity contribution is 1.10. The Morgan fingerprint density at radius 2 is 1.06 bits per heavy atom. The minimum atomic E-state index is 0.917.